The lowest BCUT2D eigenvalue weighted by Gasteiger charge is -2.10. The van der Waals surface area contributed by atoms with Gasteiger partial charge in [0.15, 0.2) is 5.82 Å². The van der Waals surface area contributed by atoms with Gasteiger partial charge in [0.2, 0.25) is 0 Å². The molecular formula is C18H12F2N6O2. The largest absolute Gasteiger partial charge is 0.477 e. The number of rotatable bonds is 5. The van der Waals surface area contributed by atoms with E-state index < -0.39 is 17.6 Å². The van der Waals surface area contributed by atoms with E-state index in [1.807, 2.05) is 0 Å². The number of carboxylic acids is 1. The summed E-state index contributed by atoms with van der Waals surface area (Å²) in [5.74, 6) is -1.94. The van der Waals surface area contributed by atoms with E-state index in [-0.39, 0.29) is 23.8 Å². The van der Waals surface area contributed by atoms with Gasteiger partial charge in [0.05, 0.1) is 24.6 Å². The molecule has 140 valence electrons. The van der Waals surface area contributed by atoms with Crippen molar-refractivity contribution in [1.29, 1.82) is 0 Å². The van der Waals surface area contributed by atoms with Crippen molar-refractivity contribution in [3.63, 3.8) is 0 Å². The topological polar surface area (TPSA) is 105 Å². The highest BCUT2D eigenvalue weighted by Gasteiger charge is 2.17. The van der Waals surface area contributed by atoms with Crippen molar-refractivity contribution >= 4 is 17.4 Å². The molecule has 0 saturated carbocycles. The first-order chi connectivity index (χ1) is 13.5. The minimum absolute atomic E-state index is 0.0509. The fraction of sp³-hybridized carbons (Fsp3) is 0.0556. The van der Waals surface area contributed by atoms with Crippen LogP contribution in [0.1, 0.15) is 16.1 Å². The smallest absolute Gasteiger partial charge is 0.341 e. The Morgan fingerprint density at radius 1 is 1.04 bits per heavy atom. The van der Waals surface area contributed by atoms with Gasteiger partial charge < -0.3 is 10.4 Å². The quantitative estimate of drug-likeness (QED) is 0.547. The standard InChI is InChI=1S/C18H12F2N6O2/c19-10-1-3-12(21-5-10)6-23-16-13(18(27)28)7-24-17(25-16)14-8-22-15-4-2-11(20)9-26(14)15/h1-5,7-9H,6H2,(H,27,28)(H,23,24,25). The van der Waals surface area contributed by atoms with E-state index in [1.165, 1.54) is 41.1 Å². The van der Waals surface area contributed by atoms with E-state index in [0.29, 0.717) is 17.0 Å². The Labute approximate surface area is 156 Å². The van der Waals surface area contributed by atoms with Crippen LogP contribution in [-0.4, -0.2) is 35.4 Å². The lowest BCUT2D eigenvalue weighted by Crippen LogP contribution is -2.11. The van der Waals surface area contributed by atoms with Crippen LogP contribution < -0.4 is 5.32 Å². The lowest BCUT2D eigenvalue weighted by molar-refractivity contribution is 0.0697. The molecule has 0 fully saturated rings. The lowest BCUT2D eigenvalue weighted by atomic mass is 10.2. The van der Waals surface area contributed by atoms with E-state index in [4.69, 9.17) is 0 Å². The predicted molar refractivity (Wildman–Crippen MR) is 94.7 cm³/mol. The second-order valence-corrected chi connectivity index (χ2v) is 5.80. The van der Waals surface area contributed by atoms with E-state index in [9.17, 15) is 18.7 Å². The van der Waals surface area contributed by atoms with Gasteiger partial charge in [-0.05, 0) is 24.3 Å². The van der Waals surface area contributed by atoms with Crippen molar-refractivity contribution < 1.29 is 18.7 Å². The zero-order valence-corrected chi connectivity index (χ0v) is 14.2. The van der Waals surface area contributed by atoms with Crippen molar-refractivity contribution in [2.75, 3.05) is 5.32 Å². The Bertz CT molecular complexity index is 1180. The van der Waals surface area contributed by atoms with Gasteiger partial charge in [-0.2, -0.15) is 0 Å². The predicted octanol–water partition coefficient (Wildman–Crippen LogP) is 2.77. The van der Waals surface area contributed by atoms with Crippen molar-refractivity contribution in [2.24, 2.45) is 0 Å². The van der Waals surface area contributed by atoms with Crippen LogP contribution in [0.5, 0.6) is 0 Å². The summed E-state index contributed by atoms with van der Waals surface area (Å²) in [6.45, 7) is 0.124. The molecule has 4 rings (SSSR count). The number of fused-ring (bicyclic) bond motifs is 1. The number of carbonyl (C=O) groups is 1. The molecule has 10 heteroatoms. The van der Waals surface area contributed by atoms with E-state index in [2.05, 4.69) is 25.3 Å². The number of pyridine rings is 2. The normalized spacial score (nSPS) is 10.9. The van der Waals surface area contributed by atoms with Gasteiger partial charge in [-0.3, -0.25) is 9.38 Å². The fourth-order valence-electron chi connectivity index (χ4n) is 2.60. The summed E-state index contributed by atoms with van der Waals surface area (Å²) in [6.07, 6.45) is 4.93. The maximum atomic E-state index is 13.6. The highest BCUT2D eigenvalue weighted by Crippen LogP contribution is 2.21. The third-order valence-corrected chi connectivity index (χ3v) is 3.94. The molecule has 0 aromatic carbocycles. The third-order valence-electron chi connectivity index (χ3n) is 3.94. The molecule has 0 aliphatic heterocycles. The Morgan fingerprint density at radius 3 is 2.61 bits per heavy atom. The van der Waals surface area contributed by atoms with E-state index >= 15 is 0 Å². The zero-order valence-electron chi connectivity index (χ0n) is 14.2. The van der Waals surface area contributed by atoms with Gasteiger partial charge >= 0.3 is 5.97 Å². The number of halogens is 2. The number of hydrogen-bond donors (Lipinski definition) is 2. The van der Waals surface area contributed by atoms with Gasteiger partial charge in [0.25, 0.3) is 0 Å². The van der Waals surface area contributed by atoms with Crippen molar-refractivity contribution in [1.82, 2.24) is 24.3 Å². The molecule has 28 heavy (non-hydrogen) atoms. The van der Waals surface area contributed by atoms with Crippen LogP contribution in [-0.2, 0) is 6.54 Å². The molecule has 4 aromatic heterocycles. The SMILES string of the molecule is O=C(O)c1cnc(-c2cnc3ccc(F)cn23)nc1NCc1ccc(F)cn1. The Balaban J connectivity index is 1.71. The number of carboxylic acid groups (broad SMARTS) is 1. The fourth-order valence-corrected chi connectivity index (χ4v) is 2.60. The van der Waals surface area contributed by atoms with Crippen molar-refractivity contribution in [3.05, 3.63) is 71.9 Å². The van der Waals surface area contributed by atoms with E-state index in [0.717, 1.165) is 12.4 Å². The first-order valence-corrected chi connectivity index (χ1v) is 8.09. The van der Waals surface area contributed by atoms with Gasteiger partial charge in [-0.1, -0.05) is 0 Å². The first kappa shape index (κ1) is 17.5. The van der Waals surface area contributed by atoms with Gasteiger partial charge in [0.1, 0.15) is 34.4 Å². The highest BCUT2D eigenvalue weighted by molar-refractivity contribution is 5.93. The molecule has 2 N–H and O–H groups in total. The van der Waals surface area contributed by atoms with E-state index in [1.54, 1.807) is 0 Å². The van der Waals surface area contributed by atoms with Crippen LogP contribution in [0.3, 0.4) is 0 Å². The summed E-state index contributed by atoms with van der Waals surface area (Å²) in [7, 11) is 0. The summed E-state index contributed by atoms with van der Waals surface area (Å²) in [6, 6.07) is 5.51. The Morgan fingerprint density at radius 2 is 1.86 bits per heavy atom. The second-order valence-electron chi connectivity index (χ2n) is 5.80. The number of nitrogens with zero attached hydrogens (tertiary/aromatic N) is 5. The number of aromatic carboxylic acids is 1. The summed E-state index contributed by atoms with van der Waals surface area (Å²) in [4.78, 5) is 27.9. The molecule has 4 heterocycles. The van der Waals surface area contributed by atoms with Gasteiger partial charge in [-0.25, -0.2) is 28.5 Å². The maximum Gasteiger partial charge on any atom is 0.341 e. The molecule has 0 radical (unpaired) electrons. The second kappa shape index (κ2) is 6.99. The number of imidazole rings is 1. The molecule has 0 aliphatic carbocycles. The van der Waals surface area contributed by atoms with Crippen LogP contribution in [0, 0.1) is 11.6 Å². The van der Waals surface area contributed by atoms with Crippen LogP contribution in [0.15, 0.2) is 49.1 Å². The molecule has 0 amide bonds. The van der Waals surface area contributed by atoms with Gasteiger partial charge in [-0.15, -0.1) is 0 Å². The first-order valence-electron chi connectivity index (χ1n) is 8.09. The average molecular weight is 382 g/mol. The number of nitrogens with one attached hydrogen (secondary N) is 1. The Kier molecular flexibility index (Phi) is 4.36. The van der Waals surface area contributed by atoms with Crippen LogP contribution >= 0.6 is 0 Å². The average Bonchev–Trinajstić information content (AvgIpc) is 3.10. The summed E-state index contributed by atoms with van der Waals surface area (Å²) >= 11 is 0. The Hall–Kier alpha value is -3.95. The summed E-state index contributed by atoms with van der Waals surface area (Å²) < 4.78 is 28.0. The van der Waals surface area contributed by atoms with Crippen LogP contribution in [0.2, 0.25) is 0 Å². The monoisotopic (exact) mass is 382 g/mol. The molecule has 0 bridgehead atoms. The summed E-state index contributed by atoms with van der Waals surface area (Å²) in [5.41, 5.74) is 1.24. The van der Waals surface area contributed by atoms with Gasteiger partial charge in [0, 0.05) is 12.4 Å². The van der Waals surface area contributed by atoms with Crippen LogP contribution in [0.25, 0.3) is 17.2 Å². The maximum absolute atomic E-state index is 13.6. The minimum atomic E-state index is -1.22. The summed E-state index contributed by atoms with van der Waals surface area (Å²) in [5, 5.41) is 12.2. The number of aromatic nitrogens is 5. The molecule has 0 saturated heterocycles. The minimum Gasteiger partial charge on any atom is -0.477 e. The molecular weight excluding hydrogens is 370 g/mol. The van der Waals surface area contributed by atoms with Crippen molar-refractivity contribution in [2.45, 2.75) is 6.54 Å². The molecule has 4 aromatic rings. The van der Waals surface area contributed by atoms with Crippen molar-refractivity contribution in [3.8, 4) is 11.5 Å². The molecule has 8 nitrogen and oxygen atoms in total. The molecule has 0 spiro atoms. The zero-order chi connectivity index (χ0) is 19.7. The van der Waals surface area contributed by atoms with Crippen LogP contribution in [0.4, 0.5) is 14.6 Å². The third kappa shape index (κ3) is 3.34. The molecule has 0 aliphatic rings. The highest BCUT2D eigenvalue weighted by atomic mass is 19.1. The molecule has 0 unspecified atom stereocenters. The molecule has 0 atom stereocenters. The number of hydrogen-bond acceptors (Lipinski definition) is 6. The number of anilines is 1.